The molecular weight excluding hydrogens is 224 g/mol. The van der Waals surface area contributed by atoms with Crippen LogP contribution in [0.5, 0.6) is 0 Å². The fourth-order valence-electron chi connectivity index (χ4n) is 1.57. The van der Waals surface area contributed by atoms with Crippen molar-refractivity contribution in [3.8, 4) is 0 Å². The molecule has 90 valence electrons. The van der Waals surface area contributed by atoms with Crippen molar-refractivity contribution in [2.24, 2.45) is 0 Å². The van der Waals surface area contributed by atoms with Crippen molar-refractivity contribution in [1.82, 2.24) is 5.32 Å². The van der Waals surface area contributed by atoms with Crippen molar-refractivity contribution in [1.29, 1.82) is 0 Å². The number of hydrogen-bond donors (Lipinski definition) is 1. The number of nitrogens with one attached hydrogen (secondary N) is 1. The van der Waals surface area contributed by atoms with Gasteiger partial charge in [-0.15, -0.1) is 0 Å². The van der Waals surface area contributed by atoms with E-state index in [4.69, 9.17) is 4.42 Å². The standard InChI is InChI=1S/C13H13F2NO/c1-9(13-3-2-6-17-13)16-8-10-4-5-11(14)7-12(10)15/h2-7,9,16H,8H2,1H3/t9-/m1/s1. The van der Waals surface area contributed by atoms with E-state index >= 15 is 0 Å². The summed E-state index contributed by atoms with van der Waals surface area (Å²) >= 11 is 0. The molecule has 2 rings (SSSR count). The van der Waals surface area contributed by atoms with E-state index in [2.05, 4.69) is 5.32 Å². The topological polar surface area (TPSA) is 25.2 Å². The van der Waals surface area contributed by atoms with Gasteiger partial charge >= 0.3 is 0 Å². The maximum atomic E-state index is 13.3. The predicted molar refractivity (Wildman–Crippen MR) is 60.3 cm³/mol. The molecule has 0 aliphatic carbocycles. The smallest absolute Gasteiger partial charge is 0.130 e. The summed E-state index contributed by atoms with van der Waals surface area (Å²) in [5, 5.41) is 3.11. The second-order valence-electron chi connectivity index (χ2n) is 3.85. The van der Waals surface area contributed by atoms with E-state index < -0.39 is 11.6 Å². The van der Waals surface area contributed by atoms with Crippen LogP contribution in [-0.4, -0.2) is 0 Å². The molecule has 0 amide bonds. The second-order valence-corrected chi connectivity index (χ2v) is 3.85. The minimum atomic E-state index is -0.565. The molecule has 0 bridgehead atoms. The van der Waals surface area contributed by atoms with E-state index in [0.29, 0.717) is 12.1 Å². The summed E-state index contributed by atoms with van der Waals surface area (Å²) in [6, 6.07) is 7.19. The van der Waals surface area contributed by atoms with Crippen LogP contribution < -0.4 is 5.32 Å². The Morgan fingerprint density at radius 1 is 1.29 bits per heavy atom. The quantitative estimate of drug-likeness (QED) is 0.881. The number of furan rings is 1. The molecule has 0 radical (unpaired) electrons. The summed E-state index contributed by atoms with van der Waals surface area (Å²) < 4.78 is 31.3. The summed E-state index contributed by atoms with van der Waals surface area (Å²) in [4.78, 5) is 0. The molecule has 2 aromatic rings. The summed E-state index contributed by atoms with van der Waals surface area (Å²) in [5.74, 6) is -0.318. The molecule has 0 fully saturated rings. The molecular formula is C13H13F2NO. The van der Waals surface area contributed by atoms with E-state index in [-0.39, 0.29) is 6.04 Å². The number of hydrogen-bond acceptors (Lipinski definition) is 2. The highest BCUT2D eigenvalue weighted by Crippen LogP contribution is 2.14. The van der Waals surface area contributed by atoms with E-state index in [9.17, 15) is 8.78 Å². The highest BCUT2D eigenvalue weighted by molar-refractivity contribution is 5.18. The van der Waals surface area contributed by atoms with E-state index in [1.54, 1.807) is 12.3 Å². The SMILES string of the molecule is C[C@@H](NCc1ccc(F)cc1F)c1ccco1. The first-order chi connectivity index (χ1) is 8.16. The molecule has 0 aliphatic rings. The molecule has 0 aliphatic heterocycles. The lowest BCUT2D eigenvalue weighted by Gasteiger charge is -2.11. The van der Waals surface area contributed by atoms with Crippen LogP contribution in [0.15, 0.2) is 41.0 Å². The summed E-state index contributed by atoms with van der Waals surface area (Å²) in [7, 11) is 0. The van der Waals surface area contributed by atoms with Gasteiger partial charge in [0.25, 0.3) is 0 Å². The molecule has 1 heterocycles. The first-order valence-corrected chi connectivity index (χ1v) is 5.37. The van der Waals surface area contributed by atoms with Gasteiger partial charge in [-0.2, -0.15) is 0 Å². The van der Waals surface area contributed by atoms with E-state index in [0.717, 1.165) is 11.8 Å². The first kappa shape index (κ1) is 11.8. The molecule has 1 atom stereocenters. The van der Waals surface area contributed by atoms with Gasteiger partial charge in [0, 0.05) is 18.2 Å². The zero-order valence-corrected chi connectivity index (χ0v) is 9.41. The van der Waals surface area contributed by atoms with Gasteiger partial charge < -0.3 is 9.73 Å². The Kier molecular flexibility index (Phi) is 3.54. The average Bonchev–Trinajstić information content (AvgIpc) is 2.81. The summed E-state index contributed by atoms with van der Waals surface area (Å²) in [5.41, 5.74) is 0.435. The highest BCUT2D eigenvalue weighted by Gasteiger charge is 2.09. The van der Waals surface area contributed by atoms with Gasteiger partial charge in [-0.05, 0) is 25.1 Å². The number of rotatable bonds is 4. The molecule has 0 saturated heterocycles. The fourth-order valence-corrected chi connectivity index (χ4v) is 1.57. The van der Waals surface area contributed by atoms with Crippen molar-refractivity contribution in [2.45, 2.75) is 19.5 Å². The van der Waals surface area contributed by atoms with Crippen LogP contribution in [0, 0.1) is 11.6 Å². The monoisotopic (exact) mass is 237 g/mol. The zero-order chi connectivity index (χ0) is 12.3. The van der Waals surface area contributed by atoms with Crippen LogP contribution >= 0.6 is 0 Å². The predicted octanol–water partition coefficient (Wildman–Crippen LogP) is 3.41. The van der Waals surface area contributed by atoms with Crippen LogP contribution in [-0.2, 0) is 6.54 Å². The van der Waals surface area contributed by atoms with Gasteiger partial charge in [-0.3, -0.25) is 0 Å². The molecule has 2 nitrogen and oxygen atoms in total. The van der Waals surface area contributed by atoms with Crippen molar-refractivity contribution in [2.75, 3.05) is 0 Å². The van der Waals surface area contributed by atoms with Crippen LogP contribution in [0.4, 0.5) is 8.78 Å². The molecule has 1 aromatic heterocycles. The van der Waals surface area contributed by atoms with Gasteiger partial charge in [0.15, 0.2) is 0 Å². The maximum Gasteiger partial charge on any atom is 0.130 e. The molecule has 1 N–H and O–H groups in total. The van der Waals surface area contributed by atoms with Crippen LogP contribution in [0.25, 0.3) is 0 Å². The molecule has 4 heteroatoms. The van der Waals surface area contributed by atoms with E-state index in [1.807, 2.05) is 13.0 Å². The third kappa shape index (κ3) is 2.91. The number of halogens is 2. The minimum absolute atomic E-state index is 0.0190. The fraction of sp³-hybridized carbons (Fsp3) is 0.231. The first-order valence-electron chi connectivity index (χ1n) is 5.37. The third-order valence-electron chi connectivity index (χ3n) is 2.58. The summed E-state index contributed by atoms with van der Waals surface area (Å²) in [6.07, 6.45) is 1.59. The van der Waals surface area contributed by atoms with Gasteiger partial charge in [-0.1, -0.05) is 6.07 Å². The molecule has 0 saturated carbocycles. The van der Waals surface area contributed by atoms with Gasteiger partial charge in [0.1, 0.15) is 17.4 Å². The molecule has 0 spiro atoms. The van der Waals surface area contributed by atoms with Crippen LogP contribution in [0.1, 0.15) is 24.3 Å². The lowest BCUT2D eigenvalue weighted by atomic mass is 10.2. The third-order valence-corrected chi connectivity index (χ3v) is 2.58. The molecule has 17 heavy (non-hydrogen) atoms. The van der Waals surface area contributed by atoms with Crippen molar-refractivity contribution in [3.05, 3.63) is 59.6 Å². The molecule has 0 unspecified atom stereocenters. The Morgan fingerprint density at radius 3 is 2.76 bits per heavy atom. The Hall–Kier alpha value is -1.68. The van der Waals surface area contributed by atoms with E-state index in [1.165, 1.54) is 12.1 Å². The largest absolute Gasteiger partial charge is 0.468 e. The Morgan fingerprint density at radius 2 is 2.12 bits per heavy atom. The Bertz CT molecular complexity index is 482. The normalized spacial score (nSPS) is 12.6. The van der Waals surface area contributed by atoms with Crippen molar-refractivity contribution < 1.29 is 13.2 Å². The van der Waals surface area contributed by atoms with Gasteiger partial charge in [0.05, 0.1) is 12.3 Å². The second kappa shape index (κ2) is 5.10. The average molecular weight is 237 g/mol. The van der Waals surface area contributed by atoms with Gasteiger partial charge in [0.2, 0.25) is 0 Å². The number of benzene rings is 1. The lowest BCUT2D eigenvalue weighted by molar-refractivity contribution is 0.426. The van der Waals surface area contributed by atoms with Gasteiger partial charge in [-0.25, -0.2) is 8.78 Å². The lowest BCUT2D eigenvalue weighted by Crippen LogP contribution is -2.18. The van der Waals surface area contributed by atoms with Crippen molar-refractivity contribution in [3.63, 3.8) is 0 Å². The minimum Gasteiger partial charge on any atom is -0.468 e. The zero-order valence-electron chi connectivity index (χ0n) is 9.41. The highest BCUT2D eigenvalue weighted by atomic mass is 19.1. The van der Waals surface area contributed by atoms with Crippen molar-refractivity contribution >= 4 is 0 Å². The molecule has 1 aromatic carbocycles. The van der Waals surface area contributed by atoms with Crippen LogP contribution in [0.2, 0.25) is 0 Å². The Labute approximate surface area is 98.3 Å². The summed E-state index contributed by atoms with van der Waals surface area (Å²) in [6.45, 7) is 2.24. The van der Waals surface area contributed by atoms with Crippen LogP contribution in [0.3, 0.4) is 0 Å². The maximum absolute atomic E-state index is 13.3. The Balaban J connectivity index is 1.98.